The lowest BCUT2D eigenvalue weighted by Gasteiger charge is -2.14. The third kappa shape index (κ3) is 1.92. The van der Waals surface area contributed by atoms with Crippen LogP contribution in [0.25, 0.3) is 0 Å². The van der Waals surface area contributed by atoms with E-state index in [1.54, 1.807) is 0 Å². The molecule has 1 saturated carbocycles. The maximum absolute atomic E-state index is 5.94. The van der Waals surface area contributed by atoms with E-state index in [9.17, 15) is 0 Å². The molecule has 1 aliphatic carbocycles. The summed E-state index contributed by atoms with van der Waals surface area (Å²) in [4.78, 5) is 0. The van der Waals surface area contributed by atoms with E-state index in [1.165, 1.54) is 31.2 Å². The first-order valence-corrected chi connectivity index (χ1v) is 5.81. The van der Waals surface area contributed by atoms with Gasteiger partial charge in [0.1, 0.15) is 0 Å². The molecule has 0 heterocycles. The van der Waals surface area contributed by atoms with E-state index >= 15 is 0 Å². The Morgan fingerprint density at radius 3 is 2.29 bits per heavy atom. The number of benzene rings is 1. The molecule has 0 N–H and O–H groups in total. The minimum atomic E-state index is 0.386. The van der Waals surface area contributed by atoms with Crippen LogP contribution >= 0.6 is 23.2 Å². The van der Waals surface area contributed by atoms with E-state index in [1.807, 2.05) is 12.1 Å². The first kappa shape index (κ1) is 10.3. The molecule has 0 nitrogen and oxygen atoms in total. The lowest BCUT2D eigenvalue weighted by molar-refractivity contribution is 0.607. The van der Waals surface area contributed by atoms with Gasteiger partial charge in [-0.05, 0) is 42.4 Å². The molecule has 75 valence electrons. The van der Waals surface area contributed by atoms with Crippen molar-refractivity contribution in [3.8, 4) is 0 Å². The molecule has 2 heteroatoms. The predicted molar refractivity (Wildman–Crippen MR) is 61.1 cm³/mol. The summed E-state index contributed by atoms with van der Waals surface area (Å²) in [5, 5.41) is 1.27. The van der Waals surface area contributed by atoms with Crippen LogP contribution in [0.2, 0.25) is 10.0 Å². The van der Waals surface area contributed by atoms with Crippen LogP contribution < -0.4 is 0 Å². The van der Waals surface area contributed by atoms with Gasteiger partial charge in [-0.3, -0.25) is 0 Å². The standard InChI is InChI=1S/C12H13Cl2/c1-2-3-12(4-5-12)9-6-10(13)8-11(14)7-9/h6-7H,2-5H2,1H3. The topological polar surface area (TPSA) is 0 Å². The summed E-state index contributed by atoms with van der Waals surface area (Å²) in [7, 11) is 0. The number of halogens is 2. The number of rotatable bonds is 3. The maximum Gasteiger partial charge on any atom is 0.0503 e. The largest absolute Gasteiger partial charge is 0.0836 e. The van der Waals surface area contributed by atoms with Crippen molar-refractivity contribution < 1.29 is 0 Å². The molecule has 1 aliphatic rings. The molecule has 0 amide bonds. The molecular weight excluding hydrogens is 215 g/mol. The molecule has 14 heavy (non-hydrogen) atoms. The molecule has 1 fully saturated rings. The monoisotopic (exact) mass is 227 g/mol. The third-order valence-electron chi connectivity index (χ3n) is 3.00. The average Bonchev–Trinajstić information content (AvgIpc) is 2.84. The quantitative estimate of drug-likeness (QED) is 0.707. The highest BCUT2D eigenvalue weighted by atomic mass is 35.5. The van der Waals surface area contributed by atoms with E-state index in [-0.39, 0.29) is 0 Å². The van der Waals surface area contributed by atoms with Crippen molar-refractivity contribution in [3.05, 3.63) is 33.8 Å². The molecule has 1 aromatic carbocycles. The van der Waals surface area contributed by atoms with Crippen LogP contribution in [-0.4, -0.2) is 0 Å². The second kappa shape index (κ2) is 3.75. The highest BCUT2D eigenvalue weighted by Crippen LogP contribution is 2.52. The van der Waals surface area contributed by atoms with Crippen molar-refractivity contribution in [2.75, 3.05) is 0 Å². The van der Waals surface area contributed by atoms with Gasteiger partial charge in [0.05, 0.1) is 10.0 Å². The average molecular weight is 228 g/mol. The van der Waals surface area contributed by atoms with Crippen LogP contribution in [0.3, 0.4) is 0 Å². The van der Waals surface area contributed by atoms with Crippen molar-refractivity contribution in [2.45, 2.75) is 38.0 Å². The Balaban J connectivity index is 2.32. The zero-order valence-electron chi connectivity index (χ0n) is 8.24. The van der Waals surface area contributed by atoms with Gasteiger partial charge < -0.3 is 0 Å². The van der Waals surface area contributed by atoms with Crippen molar-refractivity contribution in [3.63, 3.8) is 0 Å². The highest BCUT2D eigenvalue weighted by Gasteiger charge is 2.43. The summed E-state index contributed by atoms with van der Waals surface area (Å²) < 4.78 is 0. The van der Waals surface area contributed by atoms with Gasteiger partial charge in [0.25, 0.3) is 0 Å². The lowest BCUT2D eigenvalue weighted by Crippen LogP contribution is -2.05. The first-order chi connectivity index (χ1) is 6.66. The van der Waals surface area contributed by atoms with E-state index in [4.69, 9.17) is 23.2 Å². The van der Waals surface area contributed by atoms with Gasteiger partial charge in [-0.1, -0.05) is 36.5 Å². The highest BCUT2D eigenvalue weighted by molar-refractivity contribution is 6.34. The van der Waals surface area contributed by atoms with Gasteiger partial charge in [0.15, 0.2) is 0 Å². The second-order valence-corrected chi connectivity index (χ2v) is 4.91. The molecule has 0 aliphatic heterocycles. The second-order valence-electron chi connectivity index (χ2n) is 4.10. The fourth-order valence-corrected chi connectivity index (χ4v) is 2.61. The molecule has 0 unspecified atom stereocenters. The minimum Gasteiger partial charge on any atom is -0.0836 e. The molecule has 1 radical (unpaired) electrons. The SMILES string of the molecule is CCCC1(c2cc(Cl)[c]c(Cl)c2)CC1. The molecule has 0 spiro atoms. The summed E-state index contributed by atoms with van der Waals surface area (Å²) >= 11 is 11.9. The summed E-state index contributed by atoms with van der Waals surface area (Å²) in [6, 6.07) is 6.90. The van der Waals surface area contributed by atoms with Crippen LogP contribution in [-0.2, 0) is 5.41 Å². The van der Waals surface area contributed by atoms with Gasteiger partial charge in [0.2, 0.25) is 0 Å². The molecule has 0 atom stereocenters. The summed E-state index contributed by atoms with van der Waals surface area (Å²) in [5.41, 5.74) is 1.69. The number of hydrogen-bond donors (Lipinski definition) is 0. The Bertz CT molecular complexity index is 320. The molecular formula is C12H13Cl2. The minimum absolute atomic E-state index is 0.386. The van der Waals surface area contributed by atoms with Crippen LogP contribution in [0.15, 0.2) is 12.1 Å². The fourth-order valence-electron chi connectivity index (χ4n) is 2.12. The van der Waals surface area contributed by atoms with E-state index in [0.717, 1.165) is 0 Å². The summed E-state index contributed by atoms with van der Waals surface area (Å²) in [6.45, 7) is 2.22. The Morgan fingerprint density at radius 1 is 1.29 bits per heavy atom. The van der Waals surface area contributed by atoms with E-state index in [0.29, 0.717) is 15.5 Å². The van der Waals surface area contributed by atoms with Crippen molar-refractivity contribution in [2.24, 2.45) is 0 Å². The van der Waals surface area contributed by atoms with Gasteiger partial charge in [0, 0.05) is 6.07 Å². The Labute approximate surface area is 95.2 Å². The normalized spacial score (nSPS) is 18.2. The van der Waals surface area contributed by atoms with Crippen LogP contribution in [0.5, 0.6) is 0 Å². The van der Waals surface area contributed by atoms with Crippen LogP contribution in [0.4, 0.5) is 0 Å². The number of hydrogen-bond acceptors (Lipinski definition) is 0. The maximum atomic E-state index is 5.94. The molecule has 1 aromatic rings. The Kier molecular flexibility index (Phi) is 2.77. The zero-order chi connectivity index (χ0) is 10.2. The Hall–Kier alpha value is -0.200. The molecule has 0 bridgehead atoms. The first-order valence-electron chi connectivity index (χ1n) is 5.05. The van der Waals surface area contributed by atoms with Crippen LogP contribution in [0, 0.1) is 6.07 Å². The van der Waals surface area contributed by atoms with E-state index < -0.39 is 0 Å². The molecule has 2 rings (SSSR count). The van der Waals surface area contributed by atoms with Crippen molar-refractivity contribution in [1.29, 1.82) is 0 Å². The van der Waals surface area contributed by atoms with Crippen LogP contribution in [0.1, 0.15) is 38.2 Å². The van der Waals surface area contributed by atoms with Crippen molar-refractivity contribution in [1.82, 2.24) is 0 Å². The van der Waals surface area contributed by atoms with Gasteiger partial charge in [-0.2, -0.15) is 0 Å². The summed E-state index contributed by atoms with van der Waals surface area (Å²) in [5.74, 6) is 0. The lowest BCUT2D eigenvalue weighted by atomic mass is 9.91. The van der Waals surface area contributed by atoms with E-state index in [2.05, 4.69) is 13.0 Å². The smallest absolute Gasteiger partial charge is 0.0503 e. The molecule has 0 saturated heterocycles. The fraction of sp³-hybridized carbons (Fsp3) is 0.500. The van der Waals surface area contributed by atoms with Gasteiger partial charge in [-0.15, -0.1) is 0 Å². The van der Waals surface area contributed by atoms with Crippen molar-refractivity contribution >= 4 is 23.2 Å². The summed E-state index contributed by atoms with van der Waals surface area (Å²) in [6.07, 6.45) is 5.01. The zero-order valence-corrected chi connectivity index (χ0v) is 9.75. The van der Waals surface area contributed by atoms with Gasteiger partial charge >= 0.3 is 0 Å². The Morgan fingerprint density at radius 2 is 1.86 bits per heavy atom. The van der Waals surface area contributed by atoms with Gasteiger partial charge in [-0.25, -0.2) is 0 Å². The third-order valence-corrected chi connectivity index (χ3v) is 3.40. The predicted octanol–water partition coefficient (Wildman–Crippen LogP) is 4.63. The molecule has 0 aromatic heterocycles.